The van der Waals surface area contributed by atoms with Crippen LogP contribution in [0.5, 0.6) is 0 Å². The minimum Gasteiger partial charge on any atom is -0.354 e. The lowest BCUT2D eigenvalue weighted by Crippen LogP contribution is -2.51. The van der Waals surface area contributed by atoms with Gasteiger partial charge in [-0.1, -0.05) is 50.1 Å². The predicted molar refractivity (Wildman–Crippen MR) is 142 cm³/mol. The van der Waals surface area contributed by atoms with Crippen LogP contribution in [-0.2, 0) is 4.79 Å². The molecule has 0 radical (unpaired) electrons. The highest BCUT2D eigenvalue weighted by Crippen LogP contribution is 2.24. The van der Waals surface area contributed by atoms with E-state index in [0.29, 0.717) is 12.2 Å². The zero-order chi connectivity index (χ0) is 25.5. The van der Waals surface area contributed by atoms with Crippen molar-refractivity contribution in [3.8, 4) is 5.69 Å². The van der Waals surface area contributed by atoms with E-state index in [0.717, 1.165) is 56.8 Å². The van der Waals surface area contributed by atoms with Crippen LogP contribution in [0.25, 0.3) is 5.69 Å². The molecule has 1 N–H and O–H groups in total. The van der Waals surface area contributed by atoms with Crippen molar-refractivity contribution < 1.29 is 4.79 Å². The Labute approximate surface area is 212 Å². The van der Waals surface area contributed by atoms with Crippen molar-refractivity contribution in [2.24, 2.45) is 0 Å². The van der Waals surface area contributed by atoms with Crippen molar-refractivity contribution in [1.82, 2.24) is 29.5 Å². The summed E-state index contributed by atoms with van der Waals surface area (Å²) in [7, 11) is 0. The lowest BCUT2D eigenvalue weighted by atomic mass is 10.0. The van der Waals surface area contributed by atoms with Crippen LogP contribution in [-0.4, -0.2) is 62.9 Å². The van der Waals surface area contributed by atoms with Gasteiger partial charge >= 0.3 is 5.69 Å². The monoisotopic (exact) mass is 491 g/mol. The van der Waals surface area contributed by atoms with Crippen LogP contribution < -0.4 is 15.9 Å². The first-order valence-corrected chi connectivity index (χ1v) is 12.9. The number of amides is 1. The highest BCUT2D eigenvalue weighted by molar-refractivity contribution is 5.83. The zero-order valence-electron chi connectivity index (χ0n) is 21.5. The third-order valence-corrected chi connectivity index (χ3v) is 6.64. The second-order valence-electron chi connectivity index (χ2n) is 9.53. The highest BCUT2D eigenvalue weighted by atomic mass is 16.2. The summed E-state index contributed by atoms with van der Waals surface area (Å²) in [5, 5.41) is 7.34. The molecule has 1 aromatic carbocycles. The fraction of sp³-hybridized carbons (Fsp3) is 0.481. The number of benzene rings is 1. The molecule has 3 aromatic rings. The lowest BCUT2D eigenvalue weighted by Gasteiger charge is -2.39. The number of nitrogens with zero attached hydrogens (tertiary/aromatic N) is 6. The van der Waals surface area contributed by atoms with Gasteiger partial charge in [0, 0.05) is 32.7 Å². The van der Waals surface area contributed by atoms with E-state index >= 15 is 0 Å². The minimum absolute atomic E-state index is 0.000382. The topological polar surface area (TPSA) is 88.3 Å². The second-order valence-corrected chi connectivity index (χ2v) is 9.53. The summed E-state index contributed by atoms with van der Waals surface area (Å²) >= 11 is 0. The summed E-state index contributed by atoms with van der Waals surface area (Å²) in [5.74, 6) is 0.934. The normalized spacial score (nSPS) is 15.3. The molecule has 0 aliphatic carbocycles. The smallest absolute Gasteiger partial charge is 0.350 e. The Bertz CT molecular complexity index is 1160. The molecule has 36 heavy (non-hydrogen) atoms. The Morgan fingerprint density at radius 3 is 2.39 bits per heavy atom. The van der Waals surface area contributed by atoms with Gasteiger partial charge in [-0.05, 0) is 38.0 Å². The van der Waals surface area contributed by atoms with E-state index in [1.807, 2.05) is 56.3 Å². The first-order chi connectivity index (χ1) is 17.5. The summed E-state index contributed by atoms with van der Waals surface area (Å²) in [5.41, 5.74) is 1.54. The Kier molecular flexibility index (Phi) is 8.53. The number of aromatic nitrogens is 4. The number of hydrogen-bond donors (Lipinski definition) is 1. The molecule has 1 unspecified atom stereocenters. The van der Waals surface area contributed by atoms with Crippen molar-refractivity contribution in [2.45, 2.75) is 52.1 Å². The standard InChI is InChI=1S/C27H37N7O2/c1-4-5-9-14-28-26(35)25(22-10-7-6-8-11-22)32-17-15-31(16-18-32)24-13-12-23(19-29-24)33-20-30-34(21(2)3)27(33)36/h6-8,10-13,19-21,25H,4-5,9,14-18H2,1-3H3,(H,28,35). The van der Waals surface area contributed by atoms with Gasteiger partial charge in [-0.15, -0.1) is 0 Å². The molecule has 1 aliphatic heterocycles. The van der Waals surface area contributed by atoms with E-state index < -0.39 is 0 Å². The van der Waals surface area contributed by atoms with Gasteiger partial charge in [-0.3, -0.25) is 9.69 Å². The number of rotatable bonds is 10. The molecule has 192 valence electrons. The number of nitrogens with one attached hydrogen (secondary N) is 1. The second kappa shape index (κ2) is 12.0. The first-order valence-electron chi connectivity index (χ1n) is 12.9. The number of anilines is 1. The molecule has 1 atom stereocenters. The number of piperazine rings is 1. The highest BCUT2D eigenvalue weighted by Gasteiger charge is 2.30. The molecule has 0 bridgehead atoms. The molecule has 0 saturated carbocycles. The van der Waals surface area contributed by atoms with Gasteiger partial charge in [0.25, 0.3) is 0 Å². The van der Waals surface area contributed by atoms with Crippen molar-refractivity contribution >= 4 is 11.7 Å². The van der Waals surface area contributed by atoms with E-state index in [1.165, 1.54) is 15.6 Å². The summed E-state index contributed by atoms with van der Waals surface area (Å²) in [6.07, 6.45) is 6.51. The fourth-order valence-electron chi connectivity index (χ4n) is 4.61. The predicted octanol–water partition coefficient (Wildman–Crippen LogP) is 3.18. The Morgan fingerprint density at radius 2 is 1.78 bits per heavy atom. The maximum atomic E-state index is 13.2. The van der Waals surface area contributed by atoms with Crippen molar-refractivity contribution in [3.63, 3.8) is 0 Å². The SMILES string of the molecule is CCCCCNC(=O)C(c1ccccc1)N1CCN(c2ccc(-n3cnn(C(C)C)c3=O)cn2)CC1. The van der Waals surface area contributed by atoms with E-state index in [2.05, 4.69) is 32.1 Å². The molecule has 0 spiro atoms. The molecule has 9 nitrogen and oxygen atoms in total. The van der Waals surface area contributed by atoms with Gasteiger partial charge in [-0.2, -0.15) is 5.10 Å². The van der Waals surface area contributed by atoms with Crippen LogP contribution in [0.1, 0.15) is 57.7 Å². The summed E-state index contributed by atoms with van der Waals surface area (Å²) in [6, 6.07) is 13.6. The summed E-state index contributed by atoms with van der Waals surface area (Å²) in [4.78, 5) is 34.9. The third kappa shape index (κ3) is 5.84. The molecule has 1 amide bonds. The van der Waals surface area contributed by atoms with Gasteiger partial charge in [0.15, 0.2) is 0 Å². The largest absolute Gasteiger partial charge is 0.354 e. The molecule has 9 heteroatoms. The third-order valence-electron chi connectivity index (χ3n) is 6.64. The van der Waals surface area contributed by atoms with Gasteiger partial charge in [0.05, 0.1) is 17.9 Å². The minimum atomic E-state index is -0.297. The number of pyridine rings is 1. The van der Waals surface area contributed by atoms with E-state index in [4.69, 9.17) is 0 Å². The molecule has 1 saturated heterocycles. The number of carbonyl (C=O) groups excluding carboxylic acids is 1. The molecular weight excluding hydrogens is 454 g/mol. The quantitative estimate of drug-likeness (QED) is 0.438. The Hall–Kier alpha value is -3.46. The number of carbonyl (C=O) groups is 1. The van der Waals surface area contributed by atoms with Gasteiger partial charge in [-0.25, -0.2) is 19.0 Å². The van der Waals surface area contributed by atoms with Crippen LogP contribution in [0.3, 0.4) is 0 Å². The van der Waals surface area contributed by atoms with Crippen LogP contribution in [0.15, 0.2) is 59.8 Å². The van der Waals surface area contributed by atoms with E-state index in [1.54, 1.807) is 6.20 Å². The first kappa shape index (κ1) is 25.6. The zero-order valence-corrected chi connectivity index (χ0v) is 21.5. The molecule has 3 heterocycles. The van der Waals surface area contributed by atoms with Crippen LogP contribution >= 0.6 is 0 Å². The average Bonchev–Trinajstić information content (AvgIpc) is 3.29. The van der Waals surface area contributed by atoms with Crippen molar-refractivity contribution in [2.75, 3.05) is 37.6 Å². The Balaban J connectivity index is 1.41. The maximum Gasteiger partial charge on any atom is 0.350 e. The van der Waals surface area contributed by atoms with Gasteiger partial charge in [0.1, 0.15) is 18.2 Å². The van der Waals surface area contributed by atoms with Crippen molar-refractivity contribution in [3.05, 3.63) is 71.0 Å². The van der Waals surface area contributed by atoms with E-state index in [-0.39, 0.29) is 23.7 Å². The fourth-order valence-corrected chi connectivity index (χ4v) is 4.61. The van der Waals surface area contributed by atoms with Crippen LogP contribution in [0.4, 0.5) is 5.82 Å². The van der Waals surface area contributed by atoms with Crippen molar-refractivity contribution in [1.29, 1.82) is 0 Å². The summed E-state index contributed by atoms with van der Waals surface area (Å²) < 4.78 is 2.97. The number of unbranched alkanes of at least 4 members (excludes halogenated alkanes) is 2. The van der Waals surface area contributed by atoms with Crippen LogP contribution in [0.2, 0.25) is 0 Å². The molecule has 1 fully saturated rings. The van der Waals surface area contributed by atoms with E-state index in [9.17, 15) is 9.59 Å². The maximum absolute atomic E-state index is 13.2. The van der Waals surface area contributed by atoms with Gasteiger partial charge < -0.3 is 10.2 Å². The molecule has 2 aromatic heterocycles. The average molecular weight is 492 g/mol. The Morgan fingerprint density at radius 1 is 1.03 bits per heavy atom. The molecular formula is C27H37N7O2. The summed E-state index contributed by atoms with van der Waals surface area (Å²) in [6.45, 7) is 9.78. The lowest BCUT2D eigenvalue weighted by molar-refractivity contribution is -0.126. The van der Waals surface area contributed by atoms with Gasteiger partial charge in [0.2, 0.25) is 5.91 Å². The molecule has 4 rings (SSSR count). The molecule has 1 aliphatic rings. The number of hydrogen-bond acceptors (Lipinski definition) is 6. The van der Waals surface area contributed by atoms with Crippen LogP contribution in [0, 0.1) is 0 Å².